The number of morpholine rings is 1. The Balaban J connectivity index is 1.33. The summed E-state index contributed by atoms with van der Waals surface area (Å²) in [6.45, 7) is 4.02. The maximum absolute atomic E-state index is 6.17. The lowest BCUT2D eigenvalue weighted by Crippen LogP contribution is -2.36. The van der Waals surface area contributed by atoms with Crippen LogP contribution in [-0.4, -0.2) is 57.0 Å². The van der Waals surface area contributed by atoms with E-state index in [9.17, 15) is 0 Å². The van der Waals surface area contributed by atoms with Crippen molar-refractivity contribution in [2.75, 3.05) is 37.7 Å². The lowest BCUT2D eigenvalue weighted by Gasteiger charge is -2.28. The maximum atomic E-state index is 6.17. The zero-order valence-electron chi connectivity index (χ0n) is 19.4. The van der Waals surface area contributed by atoms with Gasteiger partial charge in [0, 0.05) is 55.5 Å². The van der Waals surface area contributed by atoms with Crippen molar-refractivity contribution in [1.29, 1.82) is 0 Å². The fourth-order valence-corrected chi connectivity index (χ4v) is 5.43. The third kappa shape index (κ3) is 3.97. The molecule has 1 aromatic carbocycles. The number of benzene rings is 1. The molecular weight excluding hydrogens is 426 g/mol. The summed E-state index contributed by atoms with van der Waals surface area (Å²) in [6.07, 6.45) is 12.8. The van der Waals surface area contributed by atoms with E-state index >= 15 is 0 Å². The average molecular weight is 458 g/mol. The number of nitrogens with zero attached hydrogens (tertiary/aromatic N) is 6. The lowest BCUT2D eigenvalue weighted by atomic mass is 9.98. The molecule has 2 fully saturated rings. The molecule has 8 heteroatoms. The van der Waals surface area contributed by atoms with E-state index in [-0.39, 0.29) is 6.04 Å². The van der Waals surface area contributed by atoms with E-state index in [2.05, 4.69) is 45.0 Å². The topological polar surface area (TPSA) is 86.5 Å². The van der Waals surface area contributed by atoms with Crippen LogP contribution in [0.2, 0.25) is 0 Å². The quantitative estimate of drug-likeness (QED) is 0.474. The highest BCUT2D eigenvalue weighted by atomic mass is 16.5. The van der Waals surface area contributed by atoms with Crippen molar-refractivity contribution in [3.8, 4) is 22.6 Å². The van der Waals surface area contributed by atoms with Crippen molar-refractivity contribution in [3.05, 3.63) is 55.1 Å². The van der Waals surface area contributed by atoms with E-state index < -0.39 is 0 Å². The van der Waals surface area contributed by atoms with Gasteiger partial charge < -0.3 is 15.4 Å². The van der Waals surface area contributed by atoms with Gasteiger partial charge in [-0.05, 0) is 30.9 Å². The molecule has 6 rings (SSSR count). The predicted molar refractivity (Wildman–Crippen MR) is 133 cm³/mol. The summed E-state index contributed by atoms with van der Waals surface area (Å²) in [5, 5.41) is 4.71. The Bertz CT molecular complexity index is 1250. The Hall–Kier alpha value is -3.23. The molecule has 4 heterocycles. The fraction of sp³-hybridized carbons (Fsp3) is 0.423. The smallest absolute Gasteiger partial charge is 0.149 e. The molecule has 0 radical (unpaired) electrons. The molecule has 0 bridgehead atoms. The van der Waals surface area contributed by atoms with Gasteiger partial charge in [-0.1, -0.05) is 25.0 Å². The fourth-order valence-electron chi connectivity index (χ4n) is 5.43. The third-order valence-electron chi connectivity index (χ3n) is 7.31. The molecule has 2 N–H and O–H groups in total. The van der Waals surface area contributed by atoms with Gasteiger partial charge in [-0.15, -0.1) is 0 Å². The zero-order chi connectivity index (χ0) is 22.9. The van der Waals surface area contributed by atoms with Crippen molar-refractivity contribution in [3.63, 3.8) is 0 Å². The molecule has 8 nitrogen and oxygen atoms in total. The first-order valence-electron chi connectivity index (χ1n) is 12.3. The molecular formula is C26H31N7O. The van der Waals surface area contributed by atoms with Gasteiger partial charge in [0.25, 0.3) is 0 Å². The van der Waals surface area contributed by atoms with Gasteiger partial charge in [0.1, 0.15) is 11.5 Å². The van der Waals surface area contributed by atoms with E-state index in [1.165, 1.54) is 31.4 Å². The maximum Gasteiger partial charge on any atom is 0.149 e. The van der Waals surface area contributed by atoms with Crippen LogP contribution < -0.4 is 10.6 Å². The number of hydrogen-bond acceptors (Lipinski definition) is 6. The van der Waals surface area contributed by atoms with Crippen molar-refractivity contribution < 1.29 is 4.74 Å². The Labute approximate surface area is 199 Å². The highest BCUT2D eigenvalue weighted by Crippen LogP contribution is 2.34. The van der Waals surface area contributed by atoms with E-state index in [1.807, 2.05) is 29.1 Å². The molecule has 0 spiro atoms. The first-order valence-corrected chi connectivity index (χ1v) is 12.3. The molecule has 1 aliphatic heterocycles. The number of fused-ring (bicyclic) bond motifs is 1. The molecule has 1 saturated heterocycles. The van der Waals surface area contributed by atoms with E-state index in [0.29, 0.717) is 12.5 Å². The van der Waals surface area contributed by atoms with Crippen molar-refractivity contribution >= 4 is 11.3 Å². The van der Waals surface area contributed by atoms with Gasteiger partial charge in [-0.25, -0.2) is 9.97 Å². The Morgan fingerprint density at radius 2 is 1.85 bits per heavy atom. The zero-order valence-corrected chi connectivity index (χ0v) is 19.4. The summed E-state index contributed by atoms with van der Waals surface area (Å²) in [6, 6.07) is 10.9. The number of rotatable bonds is 6. The van der Waals surface area contributed by atoms with Crippen LogP contribution in [0.25, 0.3) is 28.3 Å². The van der Waals surface area contributed by atoms with Crippen LogP contribution in [0.15, 0.2) is 55.1 Å². The Morgan fingerprint density at radius 3 is 2.62 bits per heavy atom. The average Bonchev–Trinajstić information content (AvgIpc) is 3.67. The standard InChI is InChI=1S/C26H31N7O/c27-16-24(20-3-1-2-4-20)33-18-21(17-29-33)26-30-23(15-25-28-9-10-32(25)26)19-5-7-22(8-6-19)31-11-13-34-14-12-31/h5-10,15,17-18,20,24H,1-4,11-14,16,27H2. The highest BCUT2D eigenvalue weighted by Gasteiger charge is 2.26. The van der Waals surface area contributed by atoms with Crippen molar-refractivity contribution in [1.82, 2.24) is 24.1 Å². The molecule has 1 aliphatic carbocycles. The van der Waals surface area contributed by atoms with Gasteiger partial charge in [0.2, 0.25) is 0 Å². The number of imidazole rings is 1. The number of hydrogen-bond donors (Lipinski definition) is 1. The molecule has 1 atom stereocenters. The van der Waals surface area contributed by atoms with E-state index in [1.54, 1.807) is 0 Å². The van der Waals surface area contributed by atoms with E-state index in [0.717, 1.165) is 54.6 Å². The molecule has 4 aromatic rings. The first-order chi connectivity index (χ1) is 16.8. The predicted octanol–water partition coefficient (Wildman–Crippen LogP) is 3.79. The summed E-state index contributed by atoms with van der Waals surface area (Å²) in [7, 11) is 0. The second-order valence-electron chi connectivity index (χ2n) is 9.32. The Kier molecular flexibility index (Phi) is 5.76. The lowest BCUT2D eigenvalue weighted by molar-refractivity contribution is 0.122. The van der Waals surface area contributed by atoms with Crippen LogP contribution in [0.1, 0.15) is 31.7 Å². The van der Waals surface area contributed by atoms with Crippen molar-refractivity contribution in [2.24, 2.45) is 11.7 Å². The molecule has 176 valence electrons. The minimum absolute atomic E-state index is 0.241. The Morgan fingerprint density at radius 1 is 1.06 bits per heavy atom. The molecule has 3 aromatic heterocycles. The van der Waals surface area contributed by atoms with E-state index in [4.69, 9.17) is 20.6 Å². The van der Waals surface area contributed by atoms with Gasteiger partial charge in [0.15, 0.2) is 0 Å². The van der Waals surface area contributed by atoms with Crippen molar-refractivity contribution in [2.45, 2.75) is 31.7 Å². The number of anilines is 1. The minimum atomic E-state index is 0.241. The highest BCUT2D eigenvalue weighted by molar-refractivity contribution is 5.70. The van der Waals surface area contributed by atoms with Crippen LogP contribution in [0.3, 0.4) is 0 Å². The molecule has 2 aliphatic rings. The van der Waals surface area contributed by atoms with Gasteiger partial charge >= 0.3 is 0 Å². The van der Waals surface area contributed by atoms with Gasteiger partial charge in [-0.3, -0.25) is 9.08 Å². The number of nitrogens with two attached hydrogens (primary N) is 1. The summed E-state index contributed by atoms with van der Waals surface area (Å²) in [5.41, 5.74) is 11.2. The molecule has 1 unspecified atom stereocenters. The molecule has 34 heavy (non-hydrogen) atoms. The van der Waals surface area contributed by atoms with Crippen LogP contribution in [0.4, 0.5) is 5.69 Å². The second kappa shape index (κ2) is 9.19. The summed E-state index contributed by atoms with van der Waals surface area (Å²) in [4.78, 5) is 12.0. The summed E-state index contributed by atoms with van der Waals surface area (Å²) < 4.78 is 9.56. The summed E-state index contributed by atoms with van der Waals surface area (Å²) >= 11 is 0. The largest absolute Gasteiger partial charge is 0.378 e. The van der Waals surface area contributed by atoms with Crippen LogP contribution in [0, 0.1) is 5.92 Å². The van der Waals surface area contributed by atoms with Gasteiger partial charge in [0.05, 0.1) is 36.7 Å². The second-order valence-corrected chi connectivity index (χ2v) is 9.32. The molecule has 1 saturated carbocycles. The third-order valence-corrected chi connectivity index (χ3v) is 7.31. The van der Waals surface area contributed by atoms with Crippen LogP contribution >= 0.6 is 0 Å². The normalized spacial score (nSPS) is 18.1. The van der Waals surface area contributed by atoms with Crippen LogP contribution in [-0.2, 0) is 4.74 Å². The SMILES string of the molecule is NCC(C1CCCC1)n1cc(-c2nc(-c3ccc(N4CCOCC4)cc3)cc3nccn23)cn1. The number of ether oxygens (including phenoxy) is 1. The summed E-state index contributed by atoms with van der Waals surface area (Å²) in [5.74, 6) is 1.45. The van der Waals surface area contributed by atoms with Gasteiger partial charge in [-0.2, -0.15) is 5.10 Å². The van der Waals surface area contributed by atoms with Crippen LogP contribution in [0.5, 0.6) is 0 Å². The first kappa shape index (κ1) is 21.3. The minimum Gasteiger partial charge on any atom is -0.378 e. The monoisotopic (exact) mass is 457 g/mol. The number of aromatic nitrogens is 5. The molecule has 0 amide bonds.